The number of methoxy groups -OCH3 is 1. The van der Waals surface area contributed by atoms with Gasteiger partial charge in [-0.15, -0.1) is 0 Å². The topological polar surface area (TPSA) is 21.3 Å². The molecule has 4 heteroatoms. The molecule has 1 atom stereocenters. The van der Waals surface area contributed by atoms with Gasteiger partial charge in [-0.1, -0.05) is 0 Å². The van der Waals surface area contributed by atoms with E-state index in [1.165, 1.54) is 6.42 Å². The van der Waals surface area contributed by atoms with E-state index in [0.717, 1.165) is 0 Å². The molecule has 0 heterocycles. The molecule has 16 heavy (non-hydrogen) atoms. The van der Waals surface area contributed by atoms with E-state index >= 15 is 0 Å². The molecule has 1 aliphatic rings. The fraction of sp³-hybridized carbons (Fsp3) is 0.667. The van der Waals surface area contributed by atoms with Crippen molar-refractivity contribution in [3.05, 3.63) is 22.1 Å². The zero-order chi connectivity index (χ0) is 12.4. The normalized spacial score (nSPS) is 18.8. The summed E-state index contributed by atoms with van der Waals surface area (Å²) in [5, 5.41) is 5.08. The van der Waals surface area contributed by atoms with Gasteiger partial charge in [0, 0.05) is 0 Å². The van der Waals surface area contributed by atoms with E-state index in [4.69, 9.17) is 4.74 Å². The Morgan fingerprint density at radius 2 is 2.06 bits per heavy atom. The average molecular weight is 275 g/mol. The summed E-state index contributed by atoms with van der Waals surface area (Å²) in [6.45, 7) is 7.03. The summed E-state index contributed by atoms with van der Waals surface area (Å²) in [5.74, 6) is 0. The summed E-state index contributed by atoms with van der Waals surface area (Å²) in [7, 11) is 1.78. The zero-order valence-electron chi connectivity index (χ0n) is 11.4. The minimum absolute atomic E-state index is 0.182. The van der Waals surface area contributed by atoms with Crippen LogP contribution < -0.4 is 4.98 Å². The van der Waals surface area contributed by atoms with Gasteiger partial charge in [-0.3, -0.25) is 0 Å². The third-order valence-electron chi connectivity index (χ3n) is 4.05. The summed E-state index contributed by atoms with van der Waals surface area (Å²) >= 11 is -1.88. The van der Waals surface area contributed by atoms with Crippen LogP contribution in [-0.4, -0.2) is 19.4 Å². The van der Waals surface area contributed by atoms with Gasteiger partial charge in [0.15, 0.2) is 0 Å². The molecular formula is C12H25NOSiTi. The number of allylic oxidation sites excluding steroid dienone is 4. The van der Waals surface area contributed by atoms with E-state index in [-0.39, 0.29) is 6.23 Å². The van der Waals surface area contributed by atoms with Crippen molar-refractivity contribution < 1.29 is 20.6 Å². The van der Waals surface area contributed by atoms with Gasteiger partial charge in [-0.2, -0.15) is 0 Å². The van der Waals surface area contributed by atoms with Gasteiger partial charge in [0.05, 0.1) is 0 Å². The first-order valence-corrected chi connectivity index (χ1v) is 15.2. The standard InChI is InChI=1S/C5H14NOSi.C5H5.2CH3.Ti/c1-5(7-2)6-8(3)4;1-2-4-5-3-1;;;/h5-6H,1-4H3;1-3H,4H2;2*1H3;. The average Bonchev–Trinajstić information content (AvgIpc) is 2.69. The monoisotopic (exact) mass is 275 g/mol. The van der Waals surface area contributed by atoms with Crippen molar-refractivity contribution in [1.82, 2.24) is 4.98 Å². The van der Waals surface area contributed by atoms with Gasteiger partial charge in [0.2, 0.25) is 0 Å². The Morgan fingerprint density at radius 1 is 1.44 bits per heavy atom. The molecule has 0 fully saturated rings. The Balaban J connectivity index is 2.80. The molecule has 0 saturated heterocycles. The Hall–Kier alpha value is 0.331. The second-order valence-electron chi connectivity index (χ2n) is 5.60. The third kappa shape index (κ3) is 2.96. The Labute approximate surface area is 104 Å². The first kappa shape index (κ1) is 14.4. The summed E-state index contributed by atoms with van der Waals surface area (Å²) < 4.78 is 7.09. The van der Waals surface area contributed by atoms with Gasteiger partial charge in [0.1, 0.15) is 0 Å². The molecule has 0 aromatic rings. The molecule has 0 spiro atoms. The van der Waals surface area contributed by atoms with E-state index in [0.29, 0.717) is 0 Å². The molecular weight excluding hydrogens is 250 g/mol. The zero-order valence-corrected chi connectivity index (χ0v) is 14.0. The molecule has 1 aliphatic carbocycles. The fourth-order valence-corrected chi connectivity index (χ4v) is 13.3. The predicted molar refractivity (Wildman–Crippen MR) is 70.7 cm³/mol. The molecule has 0 saturated carbocycles. The van der Waals surface area contributed by atoms with Crippen LogP contribution in [0, 0.1) is 0 Å². The molecule has 0 aromatic carbocycles. The summed E-state index contributed by atoms with van der Waals surface area (Å²) in [5.41, 5.74) is 0. The van der Waals surface area contributed by atoms with Crippen LogP contribution >= 0.6 is 0 Å². The number of hydrogen-bond acceptors (Lipinski definition) is 2. The van der Waals surface area contributed by atoms with Crippen LogP contribution in [0.2, 0.25) is 23.6 Å². The third-order valence-corrected chi connectivity index (χ3v) is 28.0. The SMILES string of the molecule is COC(C)N[Si](C)(C)[Ti]([CH3])([CH3])[C]1=CC=CC1. The first-order chi connectivity index (χ1) is 7.31. The molecule has 0 bridgehead atoms. The molecule has 92 valence electrons. The molecule has 0 amide bonds. The molecule has 1 N–H and O–H groups in total. The second-order valence-corrected chi connectivity index (χ2v) is 26.2. The fourth-order valence-electron chi connectivity index (χ4n) is 2.06. The van der Waals surface area contributed by atoms with Crippen LogP contribution in [0.5, 0.6) is 0 Å². The summed E-state index contributed by atoms with van der Waals surface area (Å²) in [4.78, 5) is 3.75. The minimum atomic E-state index is -1.88. The van der Waals surface area contributed by atoms with E-state index < -0.39 is 21.9 Å². The van der Waals surface area contributed by atoms with E-state index in [1.807, 2.05) is 0 Å². The summed E-state index contributed by atoms with van der Waals surface area (Å²) in [6.07, 6.45) is 6.85. The van der Waals surface area contributed by atoms with Crippen LogP contribution in [0.25, 0.3) is 0 Å². The number of rotatable bonds is 5. The number of ether oxygens (including phenoxy) is 1. The van der Waals surface area contributed by atoms with Crippen molar-refractivity contribution in [2.75, 3.05) is 7.11 Å². The maximum absolute atomic E-state index is 5.36. The van der Waals surface area contributed by atoms with Crippen molar-refractivity contribution >= 4 is 6.10 Å². The van der Waals surface area contributed by atoms with Crippen LogP contribution in [0.1, 0.15) is 13.3 Å². The Morgan fingerprint density at radius 3 is 2.50 bits per heavy atom. The second kappa shape index (κ2) is 5.32. The Bertz CT molecular complexity index is 310. The molecule has 0 radical (unpaired) electrons. The molecule has 2 nitrogen and oxygen atoms in total. The van der Waals surface area contributed by atoms with Gasteiger partial charge in [-0.25, -0.2) is 0 Å². The molecule has 0 aliphatic heterocycles. The first-order valence-electron chi connectivity index (χ1n) is 5.98. The van der Waals surface area contributed by atoms with Crippen LogP contribution in [-0.2, 0) is 20.6 Å². The molecule has 1 unspecified atom stereocenters. The van der Waals surface area contributed by atoms with Crippen molar-refractivity contribution in [3.63, 3.8) is 0 Å². The van der Waals surface area contributed by atoms with Crippen LogP contribution in [0.15, 0.2) is 22.1 Å². The molecule has 1 rings (SSSR count). The van der Waals surface area contributed by atoms with E-state index in [2.05, 4.69) is 53.7 Å². The van der Waals surface area contributed by atoms with Gasteiger partial charge >= 0.3 is 104 Å². The van der Waals surface area contributed by atoms with E-state index in [9.17, 15) is 0 Å². The van der Waals surface area contributed by atoms with Gasteiger partial charge in [0.25, 0.3) is 0 Å². The summed E-state index contributed by atoms with van der Waals surface area (Å²) in [6, 6.07) is 0. The maximum atomic E-state index is 5.36. The van der Waals surface area contributed by atoms with Crippen molar-refractivity contribution in [2.24, 2.45) is 0 Å². The van der Waals surface area contributed by atoms with Crippen molar-refractivity contribution in [1.29, 1.82) is 0 Å². The van der Waals surface area contributed by atoms with Gasteiger partial charge in [-0.05, 0) is 0 Å². The van der Waals surface area contributed by atoms with Gasteiger partial charge < -0.3 is 0 Å². The predicted octanol–water partition coefficient (Wildman–Crippen LogP) is 3.36. The molecule has 0 aromatic heterocycles. The Kier molecular flexibility index (Phi) is 4.78. The van der Waals surface area contributed by atoms with Crippen LogP contribution in [0.4, 0.5) is 0 Å². The quantitative estimate of drug-likeness (QED) is 0.613. The van der Waals surface area contributed by atoms with Crippen molar-refractivity contribution in [2.45, 2.75) is 43.1 Å². The number of nitrogens with one attached hydrogen (secondary N) is 1. The number of hydrogen-bond donors (Lipinski definition) is 1. The van der Waals surface area contributed by atoms with Crippen molar-refractivity contribution in [3.8, 4) is 0 Å². The van der Waals surface area contributed by atoms with Crippen LogP contribution in [0.3, 0.4) is 0 Å². The van der Waals surface area contributed by atoms with E-state index in [1.54, 1.807) is 11.0 Å².